The van der Waals surface area contributed by atoms with Gasteiger partial charge in [-0.25, -0.2) is 4.98 Å². The fourth-order valence-electron chi connectivity index (χ4n) is 2.42. The van der Waals surface area contributed by atoms with Crippen LogP contribution in [0.5, 0.6) is 0 Å². The van der Waals surface area contributed by atoms with E-state index < -0.39 is 0 Å². The number of hydrogen-bond acceptors (Lipinski definition) is 4. The smallest absolute Gasteiger partial charge is 0.263 e. The molecule has 0 saturated carbocycles. The SMILES string of the molecule is CCn1c(SC(C)C)nc2scc(-c3ccccc3)c2c1=O. The van der Waals surface area contributed by atoms with Crippen molar-refractivity contribution in [1.82, 2.24) is 9.55 Å². The summed E-state index contributed by atoms with van der Waals surface area (Å²) in [6.07, 6.45) is 0. The van der Waals surface area contributed by atoms with Crippen LogP contribution in [-0.4, -0.2) is 14.8 Å². The van der Waals surface area contributed by atoms with Crippen LogP contribution in [0.4, 0.5) is 0 Å². The molecule has 0 aliphatic heterocycles. The summed E-state index contributed by atoms with van der Waals surface area (Å²) in [7, 11) is 0. The minimum absolute atomic E-state index is 0.0655. The van der Waals surface area contributed by atoms with Gasteiger partial charge in [-0.15, -0.1) is 11.3 Å². The molecule has 114 valence electrons. The maximum Gasteiger partial charge on any atom is 0.263 e. The Labute approximate surface area is 138 Å². The second-order valence-electron chi connectivity index (χ2n) is 5.31. The number of aromatic nitrogens is 2. The lowest BCUT2D eigenvalue weighted by Crippen LogP contribution is -2.22. The summed E-state index contributed by atoms with van der Waals surface area (Å²) in [4.78, 5) is 18.5. The lowest BCUT2D eigenvalue weighted by molar-refractivity contribution is 0.634. The summed E-state index contributed by atoms with van der Waals surface area (Å²) in [5.74, 6) is 0. The summed E-state index contributed by atoms with van der Waals surface area (Å²) >= 11 is 3.19. The van der Waals surface area contributed by atoms with Crippen LogP contribution in [0.25, 0.3) is 21.3 Å². The molecule has 0 bridgehead atoms. The predicted octanol–water partition coefficient (Wildman–Crippen LogP) is 4.65. The van der Waals surface area contributed by atoms with Crippen molar-refractivity contribution in [3.05, 3.63) is 46.1 Å². The summed E-state index contributed by atoms with van der Waals surface area (Å²) in [6, 6.07) is 10.0. The molecule has 0 aliphatic rings. The van der Waals surface area contributed by atoms with Gasteiger partial charge in [-0.2, -0.15) is 0 Å². The monoisotopic (exact) mass is 330 g/mol. The van der Waals surface area contributed by atoms with Gasteiger partial charge in [0.25, 0.3) is 5.56 Å². The molecule has 5 heteroatoms. The zero-order chi connectivity index (χ0) is 15.7. The molecule has 0 N–H and O–H groups in total. The number of benzene rings is 1. The molecule has 3 aromatic rings. The van der Waals surface area contributed by atoms with E-state index in [9.17, 15) is 4.79 Å². The fourth-order valence-corrected chi connectivity index (χ4v) is 4.32. The van der Waals surface area contributed by atoms with Crippen LogP contribution in [0, 0.1) is 0 Å². The zero-order valence-corrected chi connectivity index (χ0v) is 14.5. The summed E-state index contributed by atoms with van der Waals surface area (Å²) < 4.78 is 1.78. The van der Waals surface area contributed by atoms with Crippen molar-refractivity contribution in [3.8, 4) is 11.1 Å². The molecule has 0 fully saturated rings. The topological polar surface area (TPSA) is 34.9 Å². The molecular weight excluding hydrogens is 312 g/mol. The Morgan fingerprint density at radius 1 is 1.27 bits per heavy atom. The molecular formula is C17H18N2OS2. The average Bonchev–Trinajstić information content (AvgIpc) is 2.92. The van der Waals surface area contributed by atoms with Crippen LogP contribution in [0.3, 0.4) is 0 Å². The van der Waals surface area contributed by atoms with Crippen LogP contribution in [0.15, 0.2) is 45.7 Å². The Morgan fingerprint density at radius 3 is 2.64 bits per heavy atom. The van der Waals surface area contributed by atoms with Gasteiger partial charge in [0, 0.05) is 22.7 Å². The molecule has 3 nitrogen and oxygen atoms in total. The Kier molecular flexibility index (Phi) is 4.36. The molecule has 1 aromatic carbocycles. The van der Waals surface area contributed by atoms with Gasteiger partial charge >= 0.3 is 0 Å². The number of nitrogens with zero attached hydrogens (tertiary/aromatic N) is 2. The molecule has 2 aromatic heterocycles. The second kappa shape index (κ2) is 6.26. The third-order valence-corrected chi connectivity index (χ3v) is 5.27. The number of fused-ring (bicyclic) bond motifs is 1. The van der Waals surface area contributed by atoms with Crippen molar-refractivity contribution in [2.75, 3.05) is 0 Å². The van der Waals surface area contributed by atoms with E-state index >= 15 is 0 Å². The third kappa shape index (κ3) is 2.71. The largest absolute Gasteiger partial charge is 0.287 e. The molecule has 3 rings (SSSR count). The van der Waals surface area contributed by atoms with E-state index in [2.05, 4.69) is 13.8 Å². The Morgan fingerprint density at radius 2 is 2.00 bits per heavy atom. The van der Waals surface area contributed by atoms with E-state index in [4.69, 9.17) is 4.98 Å². The maximum atomic E-state index is 12.9. The van der Waals surface area contributed by atoms with E-state index in [-0.39, 0.29) is 5.56 Å². The van der Waals surface area contributed by atoms with Crippen LogP contribution in [0.1, 0.15) is 20.8 Å². The number of hydrogen-bond donors (Lipinski definition) is 0. The van der Waals surface area contributed by atoms with Crippen LogP contribution in [-0.2, 0) is 6.54 Å². The van der Waals surface area contributed by atoms with Crippen LogP contribution >= 0.6 is 23.1 Å². The quantitative estimate of drug-likeness (QED) is 0.516. The van der Waals surface area contributed by atoms with Gasteiger partial charge in [0.2, 0.25) is 0 Å². The molecule has 0 spiro atoms. The number of thiophene rings is 1. The molecule has 0 saturated heterocycles. The highest BCUT2D eigenvalue weighted by molar-refractivity contribution is 7.99. The Balaban J connectivity index is 2.26. The first-order chi connectivity index (χ1) is 10.6. The van der Waals surface area contributed by atoms with Gasteiger partial charge in [0.15, 0.2) is 5.16 Å². The van der Waals surface area contributed by atoms with Gasteiger partial charge in [-0.3, -0.25) is 9.36 Å². The highest BCUT2D eigenvalue weighted by atomic mass is 32.2. The van der Waals surface area contributed by atoms with Crippen LogP contribution < -0.4 is 5.56 Å². The van der Waals surface area contributed by atoms with Crippen molar-refractivity contribution in [2.24, 2.45) is 0 Å². The highest BCUT2D eigenvalue weighted by Gasteiger charge is 2.17. The normalized spacial score (nSPS) is 11.5. The van der Waals surface area contributed by atoms with Gasteiger partial charge in [0.1, 0.15) is 4.83 Å². The molecule has 0 atom stereocenters. The predicted molar refractivity (Wildman–Crippen MR) is 96.0 cm³/mol. The van der Waals surface area contributed by atoms with Gasteiger partial charge in [-0.1, -0.05) is 55.9 Å². The lowest BCUT2D eigenvalue weighted by Gasteiger charge is -2.11. The minimum Gasteiger partial charge on any atom is -0.287 e. The van der Waals surface area contributed by atoms with Crippen molar-refractivity contribution >= 4 is 33.3 Å². The zero-order valence-electron chi connectivity index (χ0n) is 12.9. The standard InChI is InChI=1S/C17H18N2OS2/c1-4-19-16(20)14-13(12-8-6-5-7-9-12)10-21-15(14)18-17(19)22-11(2)3/h5-11H,4H2,1-3H3. The van der Waals surface area contributed by atoms with E-state index in [0.29, 0.717) is 11.8 Å². The third-order valence-electron chi connectivity index (χ3n) is 3.40. The molecule has 0 amide bonds. The molecule has 0 radical (unpaired) electrons. The molecule has 0 unspecified atom stereocenters. The first-order valence-corrected chi connectivity index (χ1v) is 9.11. The van der Waals surface area contributed by atoms with E-state index in [1.54, 1.807) is 27.7 Å². The van der Waals surface area contributed by atoms with E-state index in [1.807, 2.05) is 42.6 Å². The second-order valence-corrected chi connectivity index (χ2v) is 7.71. The Bertz CT molecular complexity index is 850. The lowest BCUT2D eigenvalue weighted by atomic mass is 10.1. The summed E-state index contributed by atoms with van der Waals surface area (Å²) in [5.41, 5.74) is 2.12. The number of thioether (sulfide) groups is 1. The van der Waals surface area contributed by atoms with Crippen LogP contribution in [0.2, 0.25) is 0 Å². The van der Waals surface area contributed by atoms with Crippen molar-refractivity contribution in [3.63, 3.8) is 0 Å². The van der Waals surface area contributed by atoms with Gasteiger partial charge in [0.05, 0.1) is 5.39 Å². The molecule has 0 aliphatic carbocycles. The number of rotatable bonds is 4. The Hall–Kier alpha value is -1.59. The summed E-state index contributed by atoms with van der Waals surface area (Å²) in [6.45, 7) is 6.87. The average molecular weight is 330 g/mol. The maximum absolute atomic E-state index is 12.9. The minimum atomic E-state index is 0.0655. The molecule has 2 heterocycles. The van der Waals surface area contributed by atoms with E-state index in [1.165, 1.54) is 0 Å². The van der Waals surface area contributed by atoms with Crippen molar-refractivity contribution in [1.29, 1.82) is 0 Å². The first kappa shape index (κ1) is 15.3. The first-order valence-electron chi connectivity index (χ1n) is 7.36. The summed E-state index contributed by atoms with van der Waals surface area (Å²) in [5, 5.41) is 4.00. The van der Waals surface area contributed by atoms with Crippen molar-refractivity contribution in [2.45, 2.75) is 37.7 Å². The fraction of sp³-hybridized carbons (Fsp3) is 0.294. The van der Waals surface area contributed by atoms with E-state index in [0.717, 1.165) is 26.5 Å². The van der Waals surface area contributed by atoms with Gasteiger partial charge in [-0.05, 0) is 12.5 Å². The molecule has 22 heavy (non-hydrogen) atoms. The van der Waals surface area contributed by atoms with Gasteiger partial charge < -0.3 is 0 Å². The van der Waals surface area contributed by atoms with Crippen molar-refractivity contribution < 1.29 is 0 Å². The highest BCUT2D eigenvalue weighted by Crippen LogP contribution is 2.32.